The zero-order valence-electron chi connectivity index (χ0n) is 26.8. The average molecular weight is 601 g/mol. The van der Waals surface area contributed by atoms with Crippen LogP contribution in [0.4, 0.5) is 0 Å². The molecule has 5 fully saturated rings. The smallest absolute Gasteiger partial charge is 0.202 e. The summed E-state index contributed by atoms with van der Waals surface area (Å²) in [6, 6.07) is 8.60. The van der Waals surface area contributed by atoms with Gasteiger partial charge in [-0.05, 0) is 116 Å². The highest BCUT2D eigenvalue weighted by Gasteiger charge is 2.64. The third kappa shape index (κ3) is 5.43. The molecule has 5 nitrogen and oxygen atoms in total. The highest BCUT2D eigenvalue weighted by atomic mass is 32.2. The predicted molar refractivity (Wildman–Crippen MR) is 166 cm³/mol. The second kappa shape index (κ2) is 11.4. The SMILES string of the molecule is CC(C)CCC[C@@H](C)[C@H]1CC[C@H]2[C@@H]3CC[C@H]4CC5(O)OO[C@H](CS(=O)(=O)c6ccccc6)C[C@@H]5C[C@]4(C)[C@H]3CC[C@]12C. The lowest BCUT2D eigenvalue weighted by atomic mass is 9.43. The van der Waals surface area contributed by atoms with E-state index in [-0.39, 0.29) is 17.1 Å². The molecule has 236 valence electrons. The first kappa shape index (κ1) is 31.0. The van der Waals surface area contributed by atoms with Crippen molar-refractivity contribution in [1.82, 2.24) is 0 Å². The zero-order valence-corrected chi connectivity index (χ0v) is 27.6. The molecule has 0 bridgehead atoms. The molecule has 0 amide bonds. The summed E-state index contributed by atoms with van der Waals surface area (Å²) >= 11 is 0. The molecule has 6 rings (SSSR count). The first-order valence-corrected chi connectivity index (χ1v) is 18.9. The van der Waals surface area contributed by atoms with Crippen molar-refractivity contribution in [1.29, 1.82) is 0 Å². The first-order valence-electron chi connectivity index (χ1n) is 17.2. The van der Waals surface area contributed by atoms with Gasteiger partial charge in [0, 0.05) is 12.3 Å². The fraction of sp³-hybridized carbons (Fsp3) is 0.833. The Morgan fingerprint density at radius 1 is 0.905 bits per heavy atom. The van der Waals surface area contributed by atoms with Gasteiger partial charge in [-0.2, -0.15) is 0 Å². The lowest BCUT2D eigenvalue weighted by Gasteiger charge is -2.64. The van der Waals surface area contributed by atoms with Gasteiger partial charge in [0.05, 0.1) is 10.6 Å². The molecule has 4 aliphatic carbocycles. The third-order valence-electron chi connectivity index (χ3n) is 13.5. The van der Waals surface area contributed by atoms with E-state index in [4.69, 9.17) is 9.78 Å². The topological polar surface area (TPSA) is 72.8 Å². The number of sulfone groups is 1. The van der Waals surface area contributed by atoms with Crippen molar-refractivity contribution < 1.29 is 23.3 Å². The molecular formula is C36H56O5S. The second-order valence-corrected chi connectivity index (χ2v) is 18.3. The predicted octanol–water partition coefficient (Wildman–Crippen LogP) is 8.22. The summed E-state index contributed by atoms with van der Waals surface area (Å²) in [6.45, 7) is 12.4. The Morgan fingerprint density at radius 3 is 2.38 bits per heavy atom. The Balaban J connectivity index is 1.15. The largest absolute Gasteiger partial charge is 0.363 e. The lowest BCUT2D eigenvalue weighted by Crippen LogP contribution is -2.61. The van der Waals surface area contributed by atoms with Gasteiger partial charge in [-0.25, -0.2) is 18.2 Å². The van der Waals surface area contributed by atoms with Crippen LogP contribution in [0.3, 0.4) is 0 Å². The molecule has 1 aliphatic heterocycles. The molecule has 1 aromatic carbocycles. The molecule has 1 saturated heterocycles. The molecule has 0 radical (unpaired) electrons. The lowest BCUT2D eigenvalue weighted by molar-refractivity contribution is -0.487. The Kier molecular flexibility index (Phi) is 8.46. The fourth-order valence-electron chi connectivity index (χ4n) is 11.4. The molecule has 0 spiro atoms. The summed E-state index contributed by atoms with van der Waals surface area (Å²) in [4.78, 5) is 11.7. The molecule has 1 unspecified atom stereocenters. The maximum atomic E-state index is 13.1. The van der Waals surface area contributed by atoms with Crippen molar-refractivity contribution in [2.75, 3.05) is 5.75 Å². The van der Waals surface area contributed by atoms with Crippen molar-refractivity contribution in [3.05, 3.63) is 30.3 Å². The number of fused-ring (bicyclic) bond motifs is 6. The van der Waals surface area contributed by atoms with Crippen molar-refractivity contribution >= 4 is 9.84 Å². The molecule has 6 heteroatoms. The molecule has 11 atom stereocenters. The van der Waals surface area contributed by atoms with Gasteiger partial charge in [-0.1, -0.05) is 72.1 Å². The quantitative estimate of drug-likeness (QED) is 0.304. The highest BCUT2D eigenvalue weighted by molar-refractivity contribution is 7.91. The summed E-state index contributed by atoms with van der Waals surface area (Å²) in [6.07, 6.45) is 13.4. The van der Waals surface area contributed by atoms with Gasteiger partial charge in [0.25, 0.3) is 0 Å². The van der Waals surface area contributed by atoms with Crippen LogP contribution in [0.5, 0.6) is 0 Å². The van der Waals surface area contributed by atoms with Crippen molar-refractivity contribution in [3.63, 3.8) is 0 Å². The van der Waals surface area contributed by atoms with E-state index in [1.165, 1.54) is 51.4 Å². The summed E-state index contributed by atoms with van der Waals surface area (Å²) in [7, 11) is -3.50. The minimum Gasteiger partial charge on any atom is -0.363 e. The summed E-state index contributed by atoms with van der Waals surface area (Å²) in [5, 5.41) is 11.7. The van der Waals surface area contributed by atoms with Gasteiger partial charge in [0.1, 0.15) is 6.10 Å². The number of hydrogen-bond donors (Lipinski definition) is 1. The average Bonchev–Trinajstić information content (AvgIpc) is 3.30. The number of benzene rings is 1. The van der Waals surface area contributed by atoms with Crippen LogP contribution in [0.2, 0.25) is 0 Å². The Labute approximate surface area is 255 Å². The molecule has 4 saturated carbocycles. The van der Waals surface area contributed by atoms with Crippen molar-refractivity contribution in [2.24, 2.45) is 58.2 Å². The fourth-order valence-corrected chi connectivity index (χ4v) is 12.8. The van der Waals surface area contributed by atoms with Crippen LogP contribution in [0, 0.1) is 58.2 Å². The first-order chi connectivity index (χ1) is 19.9. The molecule has 42 heavy (non-hydrogen) atoms. The van der Waals surface area contributed by atoms with Crippen LogP contribution in [-0.4, -0.2) is 31.2 Å². The van der Waals surface area contributed by atoms with Gasteiger partial charge in [0.15, 0.2) is 9.84 Å². The van der Waals surface area contributed by atoms with Crippen LogP contribution in [0.25, 0.3) is 0 Å². The van der Waals surface area contributed by atoms with Gasteiger partial charge in [-0.15, -0.1) is 0 Å². The summed E-state index contributed by atoms with van der Waals surface area (Å²) < 4.78 is 26.2. The number of aliphatic hydroxyl groups is 1. The zero-order chi connectivity index (χ0) is 29.9. The monoisotopic (exact) mass is 600 g/mol. The van der Waals surface area contributed by atoms with Crippen LogP contribution in [-0.2, 0) is 19.6 Å². The van der Waals surface area contributed by atoms with E-state index in [0.717, 1.165) is 42.4 Å². The Bertz CT molecular complexity index is 1200. The maximum absolute atomic E-state index is 13.1. The third-order valence-corrected chi connectivity index (χ3v) is 15.3. The van der Waals surface area contributed by atoms with Gasteiger partial charge in [-0.3, -0.25) is 0 Å². The van der Waals surface area contributed by atoms with E-state index in [1.807, 2.05) is 6.07 Å². The van der Waals surface area contributed by atoms with E-state index >= 15 is 0 Å². The molecule has 0 aromatic heterocycles. The standard InChI is InChI=1S/C36H56O5S/c1-24(2)10-9-11-25(3)31-16-17-32-30-15-14-26-22-36(37)27(21-35(26,5)33(30)18-19-34(31,32)4)20-28(40-41-36)23-42(38,39)29-12-7-6-8-13-29/h6-8,12-13,24-28,30-33,37H,9-11,14-23H2,1-5H3/t25-,26+,27-,28+,30+,31-,32+,33+,34-,35+,36?/m1/s1. The van der Waals surface area contributed by atoms with E-state index in [0.29, 0.717) is 35.0 Å². The van der Waals surface area contributed by atoms with E-state index in [9.17, 15) is 13.5 Å². The van der Waals surface area contributed by atoms with Crippen LogP contribution >= 0.6 is 0 Å². The summed E-state index contributed by atoms with van der Waals surface area (Å²) in [5.41, 5.74) is 0.626. The van der Waals surface area contributed by atoms with Crippen LogP contribution < -0.4 is 0 Å². The van der Waals surface area contributed by atoms with Gasteiger partial charge in [0.2, 0.25) is 5.79 Å². The number of hydrogen-bond acceptors (Lipinski definition) is 5. The van der Waals surface area contributed by atoms with Crippen LogP contribution in [0.15, 0.2) is 35.2 Å². The molecule has 1 heterocycles. The maximum Gasteiger partial charge on any atom is 0.202 e. The number of rotatable bonds is 8. The minimum absolute atomic E-state index is 0.104. The van der Waals surface area contributed by atoms with Gasteiger partial charge < -0.3 is 5.11 Å². The molecular weight excluding hydrogens is 544 g/mol. The van der Waals surface area contributed by atoms with E-state index in [2.05, 4.69) is 34.6 Å². The highest BCUT2D eigenvalue weighted by Crippen LogP contribution is 2.70. The van der Waals surface area contributed by atoms with Gasteiger partial charge >= 0.3 is 0 Å². The van der Waals surface area contributed by atoms with Crippen molar-refractivity contribution in [3.8, 4) is 0 Å². The van der Waals surface area contributed by atoms with E-state index < -0.39 is 21.7 Å². The second-order valence-electron chi connectivity index (χ2n) is 16.3. The molecule has 1 aromatic rings. The molecule has 5 aliphatic rings. The van der Waals surface area contributed by atoms with E-state index in [1.54, 1.807) is 24.3 Å². The Morgan fingerprint density at radius 2 is 1.64 bits per heavy atom. The normalized spacial score (nSPS) is 44.1. The van der Waals surface area contributed by atoms with Crippen LogP contribution in [0.1, 0.15) is 112 Å². The Hall–Kier alpha value is -0.950. The molecule has 1 N–H and O–H groups in total. The van der Waals surface area contributed by atoms with Crippen molar-refractivity contribution in [2.45, 2.75) is 128 Å². The minimum atomic E-state index is -3.50. The summed E-state index contributed by atoms with van der Waals surface area (Å²) in [5.74, 6) is 3.64.